The van der Waals surface area contributed by atoms with Crippen LogP contribution >= 0.6 is 11.6 Å². The number of nitrogens with two attached hydrogens (primary N) is 1. The van der Waals surface area contributed by atoms with Crippen LogP contribution in [0.4, 0.5) is 11.4 Å². The molecule has 3 nitrogen and oxygen atoms in total. The first-order chi connectivity index (χ1) is 11.2. The van der Waals surface area contributed by atoms with E-state index in [1.807, 2.05) is 30.3 Å². The van der Waals surface area contributed by atoms with Crippen molar-refractivity contribution < 1.29 is 4.74 Å². The molecule has 2 aromatic carbocycles. The van der Waals surface area contributed by atoms with E-state index in [1.54, 1.807) is 0 Å². The van der Waals surface area contributed by atoms with Gasteiger partial charge in [0.05, 0.1) is 11.4 Å². The van der Waals surface area contributed by atoms with Crippen molar-refractivity contribution in [3.63, 3.8) is 0 Å². The van der Waals surface area contributed by atoms with Gasteiger partial charge in [0.1, 0.15) is 0 Å². The summed E-state index contributed by atoms with van der Waals surface area (Å²) in [5, 5.41) is 0.738. The number of fused-ring (bicyclic) bond motifs is 2. The lowest BCUT2D eigenvalue weighted by Crippen LogP contribution is -2.33. The molecule has 2 N–H and O–H groups in total. The molecule has 1 saturated carbocycles. The van der Waals surface area contributed by atoms with Gasteiger partial charge >= 0.3 is 0 Å². The van der Waals surface area contributed by atoms with Crippen molar-refractivity contribution in [3.8, 4) is 11.5 Å². The minimum absolute atomic E-state index is 0.380. The minimum Gasteiger partial charge on any atom is -0.453 e. The number of halogens is 1. The summed E-state index contributed by atoms with van der Waals surface area (Å²) in [5.41, 5.74) is 8.24. The van der Waals surface area contributed by atoms with E-state index in [0.717, 1.165) is 47.3 Å². The molecule has 1 aliphatic heterocycles. The summed E-state index contributed by atoms with van der Waals surface area (Å²) in [7, 11) is 0. The zero-order chi connectivity index (χ0) is 15.8. The van der Waals surface area contributed by atoms with Crippen molar-refractivity contribution in [2.45, 2.75) is 31.7 Å². The molecule has 0 atom stereocenters. The Balaban J connectivity index is 1.68. The number of benzene rings is 2. The van der Waals surface area contributed by atoms with Crippen LogP contribution in [0.1, 0.15) is 25.7 Å². The van der Waals surface area contributed by atoms with Crippen LogP contribution in [-0.4, -0.2) is 12.6 Å². The molecule has 0 bridgehead atoms. The first-order valence-electron chi connectivity index (χ1n) is 8.30. The molecule has 120 valence electrons. The van der Waals surface area contributed by atoms with Gasteiger partial charge in [0.2, 0.25) is 0 Å². The molecule has 1 fully saturated rings. The van der Waals surface area contributed by atoms with Crippen molar-refractivity contribution in [1.82, 2.24) is 0 Å². The van der Waals surface area contributed by atoms with Crippen molar-refractivity contribution in [2.24, 2.45) is 11.7 Å². The van der Waals surface area contributed by atoms with E-state index < -0.39 is 0 Å². The second-order valence-electron chi connectivity index (χ2n) is 6.57. The lowest BCUT2D eigenvalue weighted by atomic mass is 9.86. The molecule has 0 spiro atoms. The predicted octanol–water partition coefficient (Wildman–Crippen LogP) is 5.10. The van der Waals surface area contributed by atoms with Gasteiger partial charge < -0.3 is 15.4 Å². The van der Waals surface area contributed by atoms with Gasteiger partial charge in [-0.1, -0.05) is 23.7 Å². The molecule has 4 rings (SSSR count). The highest BCUT2D eigenvalue weighted by molar-refractivity contribution is 6.31. The van der Waals surface area contributed by atoms with Gasteiger partial charge in [0.25, 0.3) is 0 Å². The molecule has 2 aliphatic rings. The Morgan fingerprint density at radius 3 is 2.57 bits per heavy atom. The normalized spacial score (nSPS) is 23.0. The van der Waals surface area contributed by atoms with Crippen molar-refractivity contribution >= 4 is 23.0 Å². The smallest absolute Gasteiger partial charge is 0.151 e. The molecule has 0 aromatic heterocycles. The second kappa shape index (κ2) is 6.06. The van der Waals surface area contributed by atoms with Gasteiger partial charge in [-0.05, 0) is 61.9 Å². The van der Waals surface area contributed by atoms with Crippen LogP contribution in [-0.2, 0) is 0 Å². The molecule has 1 aliphatic carbocycles. The van der Waals surface area contributed by atoms with E-state index in [1.165, 1.54) is 12.8 Å². The Morgan fingerprint density at radius 2 is 1.74 bits per heavy atom. The SMILES string of the molecule is NC1CCC(CN2c3ccccc3Oc3ccc(Cl)cc32)CC1. The average Bonchev–Trinajstić information content (AvgIpc) is 2.57. The largest absolute Gasteiger partial charge is 0.453 e. The van der Waals surface area contributed by atoms with E-state index in [4.69, 9.17) is 22.1 Å². The highest BCUT2D eigenvalue weighted by atomic mass is 35.5. The molecule has 1 heterocycles. The lowest BCUT2D eigenvalue weighted by molar-refractivity contribution is 0.330. The van der Waals surface area contributed by atoms with E-state index in [-0.39, 0.29) is 0 Å². The fourth-order valence-corrected chi connectivity index (χ4v) is 3.79. The highest BCUT2D eigenvalue weighted by Crippen LogP contribution is 2.48. The molecule has 2 aromatic rings. The summed E-state index contributed by atoms with van der Waals surface area (Å²) in [4.78, 5) is 2.36. The average molecular weight is 329 g/mol. The van der Waals surface area contributed by atoms with Gasteiger partial charge in [-0.25, -0.2) is 0 Å². The lowest BCUT2D eigenvalue weighted by Gasteiger charge is -2.37. The minimum atomic E-state index is 0.380. The number of rotatable bonds is 2. The number of ether oxygens (including phenoxy) is 1. The molecular weight excluding hydrogens is 308 g/mol. The zero-order valence-corrected chi connectivity index (χ0v) is 13.8. The number of anilines is 2. The molecule has 0 unspecified atom stereocenters. The van der Waals surface area contributed by atoms with E-state index >= 15 is 0 Å². The van der Waals surface area contributed by atoms with Crippen molar-refractivity contribution in [3.05, 3.63) is 47.5 Å². The Morgan fingerprint density at radius 1 is 1.00 bits per heavy atom. The van der Waals surface area contributed by atoms with E-state index in [0.29, 0.717) is 12.0 Å². The number of nitrogens with zero attached hydrogens (tertiary/aromatic N) is 1. The standard InChI is InChI=1S/C19H21ClN2O/c20-14-7-10-19-17(11-14)22(12-13-5-8-15(21)9-6-13)16-3-1-2-4-18(16)23-19/h1-4,7,10-11,13,15H,5-6,8-9,12,21H2. The third-order valence-corrected chi connectivity index (χ3v) is 5.16. The fraction of sp³-hybridized carbons (Fsp3) is 0.368. The first kappa shape index (κ1) is 14.9. The first-order valence-corrected chi connectivity index (χ1v) is 8.68. The molecule has 0 saturated heterocycles. The van der Waals surface area contributed by atoms with Gasteiger partial charge in [0, 0.05) is 17.6 Å². The van der Waals surface area contributed by atoms with Crippen molar-refractivity contribution in [2.75, 3.05) is 11.4 Å². The molecule has 23 heavy (non-hydrogen) atoms. The van der Waals surface area contributed by atoms with Gasteiger partial charge in [-0.3, -0.25) is 0 Å². The van der Waals surface area contributed by atoms with Gasteiger partial charge in [0.15, 0.2) is 11.5 Å². The zero-order valence-electron chi connectivity index (χ0n) is 13.0. The van der Waals surface area contributed by atoms with Crippen LogP contribution in [0.2, 0.25) is 5.02 Å². The number of hydrogen-bond acceptors (Lipinski definition) is 3. The Hall–Kier alpha value is -1.71. The fourth-order valence-electron chi connectivity index (χ4n) is 3.63. The van der Waals surface area contributed by atoms with Gasteiger partial charge in [-0.2, -0.15) is 0 Å². The maximum atomic E-state index is 6.23. The summed E-state index contributed by atoms with van der Waals surface area (Å²) in [6, 6.07) is 14.4. The molecule has 4 heteroatoms. The van der Waals surface area contributed by atoms with E-state index in [9.17, 15) is 0 Å². The van der Waals surface area contributed by atoms with Crippen LogP contribution in [0.3, 0.4) is 0 Å². The maximum absolute atomic E-state index is 6.23. The van der Waals surface area contributed by atoms with E-state index in [2.05, 4.69) is 17.0 Å². The van der Waals surface area contributed by atoms with Crippen molar-refractivity contribution in [1.29, 1.82) is 0 Å². The Kier molecular flexibility index (Phi) is 3.92. The summed E-state index contributed by atoms with van der Waals surface area (Å²) in [6.45, 7) is 0.987. The monoisotopic (exact) mass is 328 g/mol. The summed E-state index contributed by atoms with van der Waals surface area (Å²) < 4.78 is 6.05. The Bertz CT molecular complexity index is 710. The summed E-state index contributed by atoms with van der Waals surface area (Å²) in [6.07, 6.45) is 4.63. The summed E-state index contributed by atoms with van der Waals surface area (Å²) in [5.74, 6) is 2.45. The van der Waals surface area contributed by atoms with Crippen LogP contribution in [0.25, 0.3) is 0 Å². The van der Waals surface area contributed by atoms with Crippen LogP contribution in [0.5, 0.6) is 11.5 Å². The quantitative estimate of drug-likeness (QED) is 0.833. The topological polar surface area (TPSA) is 38.5 Å². The van der Waals surface area contributed by atoms with Crippen LogP contribution < -0.4 is 15.4 Å². The summed E-state index contributed by atoms with van der Waals surface area (Å²) >= 11 is 6.23. The second-order valence-corrected chi connectivity index (χ2v) is 7.01. The maximum Gasteiger partial charge on any atom is 0.151 e. The third-order valence-electron chi connectivity index (χ3n) is 4.92. The predicted molar refractivity (Wildman–Crippen MR) is 94.9 cm³/mol. The third kappa shape index (κ3) is 2.91. The number of hydrogen-bond donors (Lipinski definition) is 1. The van der Waals surface area contributed by atoms with Gasteiger partial charge in [-0.15, -0.1) is 0 Å². The Labute approximate surface area is 142 Å². The highest BCUT2D eigenvalue weighted by Gasteiger charge is 2.28. The molecule has 0 radical (unpaired) electrons. The number of para-hydroxylation sites is 2. The molecule has 0 amide bonds. The van der Waals surface area contributed by atoms with Crippen LogP contribution in [0.15, 0.2) is 42.5 Å². The molecular formula is C19H21ClN2O. The van der Waals surface area contributed by atoms with Crippen LogP contribution in [0, 0.1) is 5.92 Å².